The number of carbonyl (C=O) groups excluding carboxylic acids is 2. The molecule has 0 aliphatic carbocycles. The van der Waals surface area contributed by atoms with Crippen LogP contribution >= 0.6 is 24.8 Å². The summed E-state index contributed by atoms with van der Waals surface area (Å²) >= 11 is 0. The fourth-order valence-electron chi connectivity index (χ4n) is 2.07. The molecule has 9 nitrogen and oxygen atoms in total. The summed E-state index contributed by atoms with van der Waals surface area (Å²) < 4.78 is 26.1. The number of aromatic nitrogens is 2. The first-order valence-electron chi connectivity index (χ1n) is 9.15. The summed E-state index contributed by atoms with van der Waals surface area (Å²) in [6.07, 6.45) is 6.12. The highest BCUT2D eigenvalue weighted by atomic mass is 35.5. The van der Waals surface area contributed by atoms with Gasteiger partial charge in [0, 0.05) is 24.8 Å². The molecule has 0 spiro atoms. The highest BCUT2D eigenvalue weighted by molar-refractivity contribution is 5.89. The van der Waals surface area contributed by atoms with Crippen molar-refractivity contribution >= 4 is 36.8 Å². The molecule has 0 saturated carbocycles. The Morgan fingerprint density at radius 1 is 0.548 bits per heavy atom. The molecule has 0 N–H and O–H groups in total. The van der Waals surface area contributed by atoms with Gasteiger partial charge in [0.05, 0.1) is 50.8 Å². The number of hydrogen-bond donors (Lipinski definition) is 0. The molecule has 0 fully saturated rings. The van der Waals surface area contributed by atoms with Crippen LogP contribution in [0, 0.1) is 0 Å². The minimum Gasteiger partial charge on any atom is -0.460 e. The number of esters is 2. The normalized spacial score (nSPS) is 9.81. The summed E-state index contributed by atoms with van der Waals surface area (Å²) in [5, 5.41) is 0. The van der Waals surface area contributed by atoms with Gasteiger partial charge in [-0.15, -0.1) is 24.8 Å². The van der Waals surface area contributed by atoms with Crippen LogP contribution in [0.25, 0.3) is 0 Å². The standard InChI is InChI=1S/C20H24N2O7.2ClH/c23-19(17-1-5-21-6-2-17)28-15-13-26-11-9-25-10-12-27-14-16-29-20(24)18-3-7-22-8-4-18;;/h1-8H,9-16H2;2*1H. The molecule has 0 aromatic carbocycles. The van der Waals surface area contributed by atoms with Crippen LogP contribution < -0.4 is 0 Å². The molecule has 0 unspecified atom stereocenters. The SMILES string of the molecule is Cl.Cl.O=C(OCCOCCOCCOCCOC(=O)c1ccncc1)c1ccncc1. The third kappa shape index (κ3) is 12.9. The van der Waals surface area contributed by atoms with Crippen LogP contribution in [0.2, 0.25) is 0 Å². The van der Waals surface area contributed by atoms with Gasteiger partial charge in [0.1, 0.15) is 13.2 Å². The van der Waals surface area contributed by atoms with Crippen molar-refractivity contribution in [3.63, 3.8) is 0 Å². The monoisotopic (exact) mass is 476 g/mol. The number of halogens is 2. The van der Waals surface area contributed by atoms with E-state index in [2.05, 4.69) is 9.97 Å². The summed E-state index contributed by atoms with van der Waals surface area (Å²) in [5.74, 6) is -0.813. The third-order valence-electron chi connectivity index (χ3n) is 3.50. The summed E-state index contributed by atoms with van der Waals surface area (Å²) in [6, 6.07) is 6.35. The minimum absolute atomic E-state index is 0. The van der Waals surface area contributed by atoms with Crippen LogP contribution in [0.5, 0.6) is 0 Å². The predicted octanol–water partition coefficient (Wildman–Crippen LogP) is 2.38. The van der Waals surface area contributed by atoms with Crippen molar-refractivity contribution < 1.29 is 33.3 Å². The number of pyridine rings is 2. The number of hydrogen-bond acceptors (Lipinski definition) is 9. The minimum atomic E-state index is -0.407. The van der Waals surface area contributed by atoms with Crippen molar-refractivity contribution in [3.05, 3.63) is 60.2 Å². The Kier molecular flexibility index (Phi) is 17.1. The van der Waals surface area contributed by atoms with Gasteiger partial charge in [-0.1, -0.05) is 0 Å². The first-order chi connectivity index (χ1) is 14.3. The van der Waals surface area contributed by atoms with Crippen LogP contribution in [0.4, 0.5) is 0 Å². The molecule has 2 rings (SSSR count). The van der Waals surface area contributed by atoms with Gasteiger partial charge in [0.2, 0.25) is 0 Å². The number of nitrogens with zero attached hydrogens (tertiary/aromatic N) is 2. The second-order valence-electron chi connectivity index (χ2n) is 5.58. The lowest BCUT2D eigenvalue weighted by Gasteiger charge is -2.08. The smallest absolute Gasteiger partial charge is 0.338 e. The molecular formula is C20H26Cl2N2O7. The molecular weight excluding hydrogens is 451 g/mol. The molecule has 31 heavy (non-hydrogen) atoms. The van der Waals surface area contributed by atoms with E-state index < -0.39 is 11.9 Å². The van der Waals surface area contributed by atoms with E-state index in [1.54, 1.807) is 24.3 Å². The van der Waals surface area contributed by atoms with Gasteiger partial charge in [-0.05, 0) is 24.3 Å². The molecule has 2 aromatic heterocycles. The van der Waals surface area contributed by atoms with Gasteiger partial charge in [-0.25, -0.2) is 9.59 Å². The Hall–Kier alpha value is -2.30. The van der Waals surface area contributed by atoms with Gasteiger partial charge >= 0.3 is 11.9 Å². The van der Waals surface area contributed by atoms with Crippen LogP contribution in [-0.4, -0.2) is 74.8 Å². The molecule has 0 atom stereocenters. The summed E-state index contributed by atoms with van der Waals surface area (Å²) in [5.41, 5.74) is 0.908. The van der Waals surface area contributed by atoms with Crippen molar-refractivity contribution in [3.8, 4) is 0 Å². The fraction of sp³-hybridized carbons (Fsp3) is 0.400. The topological polar surface area (TPSA) is 106 Å². The maximum absolute atomic E-state index is 11.7. The van der Waals surface area contributed by atoms with E-state index in [1.165, 1.54) is 24.8 Å². The number of carbonyl (C=O) groups is 2. The molecule has 11 heteroatoms. The van der Waals surface area contributed by atoms with E-state index >= 15 is 0 Å². The maximum atomic E-state index is 11.7. The molecule has 2 aromatic rings. The summed E-state index contributed by atoms with van der Waals surface area (Å²) in [7, 11) is 0. The number of rotatable bonds is 14. The van der Waals surface area contributed by atoms with Crippen LogP contribution in [0.15, 0.2) is 49.1 Å². The Balaban J connectivity index is 0.00000450. The van der Waals surface area contributed by atoms with Crippen LogP contribution in [-0.2, 0) is 23.7 Å². The molecule has 0 bridgehead atoms. The lowest BCUT2D eigenvalue weighted by Crippen LogP contribution is -2.15. The molecule has 2 heterocycles. The first kappa shape index (κ1) is 28.7. The van der Waals surface area contributed by atoms with Gasteiger partial charge in [-0.3, -0.25) is 9.97 Å². The van der Waals surface area contributed by atoms with E-state index in [4.69, 9.17) is 23.7 Å². The quantitative estimate of drug-likeness (QED) is 0.300. The van der Waals surface area contributed by atoms with Crippen molar-refractivity contribution in [2.45, 2.75) is 0 Å². The van der Waals surface area contributed by atoms with Crippen molar-refractivity contribution in [1.29, 1.82) is 0 Å². The Bertz CT molecular complexity index is 662. The Labute approximate surface area is 193 Å². The molecule has 0 radical (unpaired) electrons. The lowest BCUT2D eigenvalue weighted by atomic mass is 10.3. The summed E-state index contributed by atoms with van der Waals surface area (Å²) in [6.45, 7) is 2.49. The second-order valence-corrected chi connectivity index (χ2v) is 5.58. The van der Waals surface area contributed by atoms with Crippen LogP contribution in [0.1, 0.15) is 20.7 Å². The van der Waals surface area contributed by atoms with Gasteiger partial charge in [-0.2, -0.15) is 0 Å². The molecule has 0 amide bonds. The van der Waals surface area contributed by atoms with Gasteiger partial charge < -0.3 is 23.7 Å². The fourth-order valence-corrected chi connectivity index (χ4v) is 2.07. The predicted molar refractivity (Wildman–Crippen MR) is 116 cm³/mol. The molecule has 0 aliphatic rings. The Morgan fingerprint density at radius 2 is 0.839 bits per heavy atom. The largest absolute Gasteiger partial charge is 0.460 e. The molecule has 0 saturated heterocycles. The maximum Gasteiger partial charge on any atom is 0.338 e. The average molecular weight is 477 g/mol. The van der Waals surface area contributed by atoms with E-state index in [0.29, 0.717) is 50.8 Å². The van der Waals surface area contributed by atoms with Crippen molar-refractivity contribution in [2.75, 3.05) is 52.9 Å². The molecule has 0 aliphatic heterocycles. The van der Waals surface area contributed by atoms with Gasteiger partial charge in [0.25, 0.3) is 0 Å². The zero-order valence-corrected chi connectivity index (χ0v) is 18.5. The van der Waals surface area contributed by atoms with Crippen LogP contribution in [0.3, 0.4) is 0 Å². The zero-order valence-electron chi connectivity index (χ0n) is 16.8. The van der Waals surface area contributed by atoms with Crippen molar-refractivity contribution in [1.82, 2.24) is 9.97 Å². The van der Waals surface area contributed by atoms with E-state index in [0.717, 1.165) is 0 Å². The van der Waals surface area contributed by atoms with E-state index in [-0.39, 0.29) is 38.0 Å². The van der Waals surface area contributed by atoms with E-state index in [1.807, 2.05) is 0 Å². The third-order valence-corrected chi connectivity index (χ3v) is 3.50. The van der Waals surface area contributed by atoms with Gasteiger partial charge in [0.15, 0.2) is 0 Å². The Morgan fingerprint density at radius 3 is 1.16 bits per heavy atom. The summed E-state index contributed by atoms with van der Waals surface area (Å²) in [4.78, 5) is 31.0. The molecule has 172 valence electrons. The first-order valence-corrected chi connectivity index (χ1v) is 9.15. The number of ether oxygens (including phenoxy) is 5. The highest BCUT2D eigenvalue weighted by Crippen LogP contribution is 2.00. The average Bonchev–Trinajstić information content (AvgIpc) is 2.77. The lowest BCUT2D eigenvalue weighted by molar-refractivity contribution is -0.00675. The zero-order chi connectivity index (χ0) is 20.6. The highest BCUT2D eigenvalue weighted by Gasteiger charge is 2.06. The second kappa shape index (κ2) is 18.5. The van der Waals surface area contributed by atoms with E-state index in [9.17, 15) is 9.59 Å². The van der Waals surface area contributed by atoms with Crippen molar-refractivity contribution in [2.24, 2.45) is 0 Å².